The molecule has 0 saturated heterocycles. The Hall–Kier alpha value is -3.39. The lowest BCUT2D eigenvalue weighted by molar-refractivity contribution is 0.0954. The zero-order valence-electron chi connectivity index (χ0n) is 13.8. The number of fused-ring (bicyclic) bond motifs is 1. The normalized spacial score (nSPS) is 11.3. The quantitative estimate of drug-likeness (QED) is 0.401. The number of hydrogen-bond donors (Lipinski definition) is 2. The predicted molar refractivity (Wildman–Crippen MR) is 100 cm³/mol. The molecule has 4 aromatic rings. The van der Waals surface area contributed by atoms with Gasteiger partial charge in [-0.05, 0) is 54.2 Å². The molecule has 27 heavy (non-hydrogen) atoms. The molecular weight excluding hydrogens is 367 g/mol. The van der Waals surface area contributed by atoms with Crippen molar-refractivity contribution in [3.63, 3.8) is 0 Å². The first-order chi connectivity index (χ1) is 13.2. The number of carbonyl (C=O) groups is 1. The zero-order chi connectivity index (χ0) is 18.6. The number of furan rings is 1. The summed E-state index contributed by atoms with van der Waals surface area (Å²) in [5.41, 5.74) is 4.35. The van der Waals surface area contributed by atoms with E-state index in [2.05, 4.69) is 20.5 Å². The molecule has 0 spiro atoms. The van der Waals surface area contributed by atoms with Gasteiger partial charge in [0, 0.05) is 5.56 Å². The number of amides is 1. The summed E-state index contributed by atoms with van der Waals surface area (Å²) in [5.74, 6) is -0.521. The molecule has 2 heterocycles. The zero-order valence-corrected chi connectivity index (χ0v) is 14.7. The molecule has 8 heteroatoms. The monoisotopic (exact) mass is 380 g/mol. The first-order valence-corrected chi connectivity index (χ1v) is 8.80. The second-order valence-electron chi connectivity index (χ2n) is 5.53. The molecule has 0 fully saturated rings. The van der Waals surface area contributed by atoms with Crippen molar-refractivity contribution >= 4 is 34.9 Å². The van der Waals surface area contributed by atoms with Crippen molar-refractivity contribution in [2.75, 3.05) is 0 Å². The summed E-state index contributed by atoms with van der Waals surface area (Å²) in [5, 5.41) is 5.18. The van der Waals surface area contributed by atoms with Gasteiger partial charge in [-0.2, -0.15) is 5.10 Å². The number of H-pyrrole nitrogens is 1. The van der Waals surface area contributed by atoms with E-state index in [0.29, 0.717) is 16.0 Å². The minimum absolute atomic E-state index is 0.188. The van der Waals surface area contributed by atoms with Crippen LogP contribution in [0.5, 0.6) is 0 Å². The van der Waals surface area contributed by atoms with Gasteiger partial charge in [-0.25, -0.2) is 14.8 Å². The highest BCUT2D eigenvalue weighted by atomic mass is 32.2. The molecule has 2 aromatic carbocycles. The number of nitrogens with zero attached hydrogens (tertiary/aromatic N) is 2. The minimum Gasteiger partial charge on any atom is -0.448 e. The summed E-state index contributed by atoms with van der Waals surface area (Å²) in [6.07, 6.45) is 1.37. The number of hydrogen-bond acceptors (Lipinski definition) is 5. The van der Waals surface area contributed by atoms with Gasteiger partial charge in [0.25, 0.3) is 5.91 Å². The largest absolute Gasteiger partial charge is 0.448 e. The third-order valence-corrected chi connectivity index (χ3v) is 4.42. The molecule has 2 N–H and O–H groups in total. The molecular formula is C19H13FN4O2S. The molecule has 0 unspecified atom stereocenters. The van der Waals surface area contributed by atoms with Crippen LogP contribution in [0.3, 0.4) is 0 Å². The van der Waals surface area contributed by atoms with Crippen molar-refractivity contribution in [3.05, 3.63) is 77.8 Å². The summed E-state index contributed by atoms with van der Waals surface area (Å²) in [4.78, 5) is 19.6. The number of carbonyl (C=O) groups excluding carboxylic acids is 1. The van der Waals surface area contributed by atoms with Crippen LogP contribution in [-0.4, -0.2) is 22.1 Å². The van der Waals surface area contributed by atoms with Crippen molar-refractivity contribution in [1.29, 1.82) is 0 Å². The summed E-state index contributed by atoms with van der Waals surface area (Å²) >= 11 is 1.35. The second kappa shape index (κ2) is 7.46. The fourth-order valence-corrected chi connectivity index (χ4v) is 3.15. The maximum atomic E-state index is 13.1. The van der Waals surface area contributed by atoms with E-state index >= 15 is 0 Å². The lowest BCUT2D eigenvalue weighted by Crippen LogP contribution is -2.17. The minimum atomic E-state index is -0.505. The van der Waals surface area contributed by atoms with Crippen molar-refractivity contribution in [2.24, 2.45) is 5.10 Å². The average Bonchev–Trinajstić information content (AvgIpc) is 3.28. The summed E-state index contributed by atoms with van der Waals surface area (Å²) in [6.45, 7) is 0. The third-order valence-electron chi connectivity index (χ3n) is 3.61. The Balaban J connectivity index is 1.39. The van der Waals surface area contributed by atoms with Crippen LogP contribution in [-0.2, 0) is 0 Å². The molecule has 0 aliphatic carbocycles. The van der Waals surface area contributed by atoms with E-state index in [1.54, 1.807) is 12.1 Å². The van der Waals surface area contributed by atoms with Crippen molar-refractivity contribution < 1.29 is 13.6 Å². The molecule has 1 amide bonds. The van der Waals surface area contributed by atoms with Gasteiger partial charge in [0.1, 0.15) is 11.6 Å². The summed E-state index contributed by atoms with van der Waals surface area (Å²) in [7, 11) is 0. The van der Waals surface area contributed by atoms with Gasteiger partial charge in [-0.1, -0.05) is 18.2 Å². The summed E-state index contributed by atoms with van der Waals surface area (Å²) < 4.78 is 18.8. The number of rotatable bonds is 5. The number of para-hydroxylation sites is 2. The van der Waals surface area contributed by atoms with Crippen LogP contribution >= 0.6 is 11.8 Å². The first kappa shape index (κ1) is 17.0. The Morgan fingerprint density at radius 2 is 2.07 bits per heavy atom. The number of halogens is 1. The standard InChI is InChI=1S/C19H13FN4O2S/c20-13-5-3-4-12(10-13)18(25)24-21-11-14-8-9-17(26-14)27-19-22-15-6-1-2-7-16(15)23-19/h1-11H,(H,22,23)(H,24,25). The van der Waals surface area contributed by atoms with Crippen molar-refractivity contribution in [2.45, 2.75) is 10.2 Å². The van der Waals surface area contributed by atoms with E-state index in [1.165, 1.54) is 36.2 Å². The highest BCUT2D eigenvalue weighted by Crippen LogP contribution is 2.28. The topological polar surface area (TPSA) is 83.3 Å². The van der Waals surface area contributed by atoms with Gasteiger partial charge >= 0.3 is 0 Å². The maximum absolute atomic E-state index is 13.1. The Morgan fingerprint density at radius 1 is 1.19 bits per heavy atom. The van der Waals surface area contributed by atoms with Crippen LogP contribution in [0.25, 0.3) is 11.0 Å². The molecule has 0 aliphatic rings. The molecule has 0 radical (unpaired) electrons. The number of benzene rings is 2. The van der Waals surface area contributed by atoms with Crippen LogP contribution in [0.2, 0.25) is 0 Å². The van der Waals surface area contributed by atoms with E-state index in [1.807, 2.05) is 24.3 Å². The van der Waals surface area contributed by atoms with Gasteiger partial charge < -0.3 is 9.40 Å². The lowest BCUT2D eigenvalue weighted by atomic mass is 10.2. The van der Waals surface area contributed by atoms with Gasteiger partial charge in [0.2, 0.25) is 0 Å². The van der Waals surface area contributed by atoms with Gasteiger partial charge in [0.05, 0.1) is 17.2 Å². The maximum Gasteiger partial charge on any atom is 0.271 e. The number of hydrazone groups is 1. The number of aromatic amines is 1. The molecule has 6 nitrogen and oxygen atoms in total. The number of imidazole rings is 1. The average molecular weight is 380 g/mol. The van der Waals surface area contributed by atoms with E-state index in [-0.39, 0.29) is 5.56 Å². The van der Waals surface area contributed by atoms with Crippen molar-refractivity contribution in [3.8, 4) is 0 Å². The smallest absolute Gasteiger partial charge is 0.271 e. The predicted octanol–water partition coefficient (Wildman–Crippen LogP) is 4.21. The van der Waals surface area contributed by atoms with Crippen LogP contribution in [0.15, 0.2) is 80.4 Å². The Labute approximate surface area is 157 Å². The van der Waals surface area contributed by atoms with Gasteiger partial charge in [0.15, 0.2) is 10.2 Å². The number of nitrogens with one attached hydrogen (secondary N) is 2. The lowest BCUT2D eigenvalue weighted by Gasteiger charge is -1.98. The van der Waals surface area contributed by atoms with E-state index in [4.69, 9.17) is 4.42 Å². The van der Waals surface area contributed by atoms with E-state index in [9.17, 15) is 9.18 Å². The fraction of sp³-hybridized carbons (Fsp3) is 0. The Morgan fingerprint density at radius 3 is 2.93 bits per heavy atom. The third kappa shape index (κ3) is 4.06. The van der Waals surface area contributed by atoms with Gasteiger partial charge in [-0.3, -0.25) is 4.79 Å². The Kier molecular flexibility index (Phi) is 4.71. The number of aromatic nitrogens is 2. The SMILES string of the molecule is O=C(NN=Cc1ccc(Sc2nc3ccccc3[nH]2)o1)c1cccc(F)c1. The van der Waals surface area contributed by atoms with E-state index in [0.717, 1.165) is 17.1 Å². The second-order valence-corrected chi connectivity index (χ2v) is 6.52. The van der Waals surface area contributed by atoms with Crippen LogP contribution in [0, 0.1) is 5.82 Å². The first-order valence-electron chi connectivity index (χ1n) is 7.99. The molecule has 4 rings (SSSR count). The summed E-state index contributed by atoms with van der Waals surface area (Å²) in [6, 6.07) is 16.6. The highest BCUT2D eigenvalue weighted by molar-refractivity contribution is 7.99. The Bertz CT molecular complexity index is 1100. The molecule has 0 bridgehead atoms. The highest BCUT2D eigenvalue weighted by Gasteiger charge is 2.08. The van der Waals surface area contributed by atoms with Crippen LogP contribution in [0.1, 0.15) is 16.1 Å². The fourth-order valence-electron chi connectivity index (χ4n) is 2.38. The van der Waals surface area contributed by atoms with Crippen molar-refractivity contribution in [1.82, 2.24) is 15.4 Å². The molecule has 0 aliphatic heterocycles. The van der Waals surface area contributed by atoms with E-state index < -0.39 is 11.7 Å². The van der Waals surface area contributed by atoms with Crippen LogP contribution < -0.4 is 5.43 Å². The molecule has 0 atom stereocenters. The molecule has 2 aromatic heterocycles. The van der Waals surface area contributed by atoms with Crippen LogP contribution in [0.4, 0.5) is 4.39 Å². The molecule has 0 saturated carbocycles. The van der Waals surface area contributed by atoms with Gasteiger partial charge in [-0.15, -0.1) is 0 Å². The molecule has 134 valence electrons.